The van der Waals surface area contributed by atoms with Crippen molar-refractivity contribution < 1.29 is 74.8 Å². The number of phenolic OH excluding ortho intramolecular Hbond substituents is 3. The molecule has 2 fully saturated rings. The van der Waals surface area contributed by atoms with Gasteiger partial charge in [0, 0.05) is 0 Å². The molecular weight excluding hydrogens is 468 g/mol. The number of carbonyl (C=O) groups excluding carboxylic acids is 1. The average Bonchev–Trinajstić information content (AvgIpc) is 2.81. The normalized spacial score (nSPS) is 38.4. The van der Waals surface area contributed by atoms with E-state index in [9.17, 15) is 55.9 Å². The van der Waals surface area contributed by atoms with E-state index in [1.54, 1.807) is 0 Å². The molecule has 1 aromatic rings. The standard InChI is InChI=1S/C19H26O15/c20-3-8-11(25)12(26)14(28)18(31-8)33-16-9(4-21)32-19(15(29)13(16)27)34-17(30)5-1-6(22)10(24)7(23)2-5/h1-2,8-9,11-16,18-29H,3-4H2/t8-,9-,11-,12+,13-,14-,15-,16-,18+,19+/m1/s1. The van der Waals surface area contributed by atoms with E-state index in [1.165, 1.54) is 0 Å². The van der Waals surface area contributed by atoms with Crippen LogP contribution in [0.25, 0.3) is 0 Å². The Kier molecular flexibility index (Phi) is 8.14. The van der Waals surface area contributed by atoms with Gasteiger partial charge in [0.25, 0.3) is 0 Å². The zero-order valence-electron chi connectivity index (χ0n) is 17.4. The number of hydrogen-bond donors (Lipinski definition) is 10. The van der Waals surface area contributed by atoms with E-state index >= 15 is 0 Å². The lowest BCUT2D eigenvalue weighted by atomic mass is 9.97. The molecule has 0 bridgehead atoms. The molecule has 0 radical (unpaired) electrons. The quantitative estimate of drug-likeness (QED) is 0.132. The van der Waals surface area contributed by atoms with Crippen LogP contribution in [0.5, 0.6) is 17.2 Å². The van der Waals surface area contributed by atoms with Crippen LogP contribution in [0, 0.1) is 0 Å². The minimum Gasteiger partial charge on any atom is -0.504 e. The van der Waals surface area contributed by atoms with Crippen molar-refractivity contribution in [2.75, 3.05) is 13.2 Å². The molecule has 34 heavy (non-hydrogen) atoms. The Balaban J connectivity index is 1.72. The molecule has 0 saturated carbocycles. The van der Waals surface area contributed by atoms with Crippen molar-refractivity contribution in [2.45, 2.75) is 61.4 Å². The van der Waals surface area contributed by atoms with E-state index in [1.807, 2.05) is 0 Å². The second-order valence-corrected chi connectivity index (χ2v) is 7.77. The Morgan fingerprint density at radius 3 is 1.85 bits per heavy atom. The van der Waals surface area contributed by atoms with E-state index in [2.05, 4.69) is 0 Å². The SMILES string of the molecule is O=C(O[C@@H]1O[C@H](CO)[C@@H](O[C@@H]2O[C@H](CO)[C@@H](O)[C@H](O)[C@H]2O)[C@H](O)[C@H]1O)c1cc(O)c(O)c(O)c1. The maximum atomic E-state index is 12.3. The summed E-state index contributed by atoms with van der Waals surface area (Å²) in [6.07, 6.45) is -17.2. The molecule has 0 aliphatic carbocycles. The maximum Gasteiger partial charge on any atom is 0.340 e. The van der Waals surface area contributed by atoms with Crippen LogP contribution in [0.4, 0.5) is 0 Å². The van der Waals surface area contributed by atoms with Gasteiger partial charge in [-0.2, -0.15) is 0 Å². The number of phenols is 3. The predicted octanol–water partition coefficient (Wildman–Crippen LogP) is -4.42. The first-order chi connectivity index (χ1) is 16.0. The number of rotatable bonds is 6. The topological polar surface area (TPSA) is 256 Å². The molecule has 0 spiro atoms. The van der Waals surface area contributed by atoms with Crippen LogP contribution < -0.4 is 0 Å². The molecule has 0 amide bonds. The second kappa shape index (κ2) is 10.5. The number of aliphatic hydroxyl groups excluding tert-OH is 7. The summed E-state index contributed by atoms with van der Waals surface area (Å²) < 4.78 is 20.8. The van der Waals surface area contributed by atoms with Gasteiger partial charge in [0.1, 0.15) is 48.8 Å². The van der Waals surface area contributed by atoms with Gasteiger partial charge in [-0.15, -0.1) is 0 Å². The lowest BCUT2D eigenvalue weighted by Gasteiger charge is -2.45. The maximum absolute atomic E-state index is 12.3. The second-order valence-electron chi connectivity index (χ2n) is 7.77. The van der Waals surface area contributed by atoms with Crippen molar-refractivity contribution >= 4 is 5.97 Å². The lowest BCUT2D eigenvalue weighted by molar-refractivity contribution is -0.354. The van der Waals surface area contributed by atoms with E-state index in [4.69, 9.17) is 18.9 Å². The minimum atomic E-state index is -1.97. The Hall–Kier alpha value is -2.31. The fourth-order valence-corrected chi connectivity index (χ4v) is 3.55. The number of aromatic hydroxyl groups is 3. The first-order valence-electron chi connectivity index (χ1n) is 10.0. The Morgan fingerprint density at radius 1 is 0.765 bits per heavy atom. The first kappa shape index (κ1) is 26.3. The molecule has 2 aliphatic heterocycles. The molecule has 192 valence electrons. The van der Waals surface area contributed by atoms with Crippen LogP contribution in [-0.4, -0.2) is 132 Å². The molecule has 0 aromatic heterocycles. The van der Waals surface area contributed by atoms with Gasteiger partial charge < -0.3 is 70.0 Å². The van der Waals surface area contributed by atoms with Gasteiger partial charge in [0.05, 0.1) is 18.8 Å². The van der Waals surface area contributed by atoms with Crippen LogP contribution in [0.3, 0.4) is 0 Å². The van der Waals surface area contributed by atoms with Gasteiger partial charge in [0.2, 0.25) is 6.29 Å². The van der Waals surface area contributed by atoms with Crippen molar-refractivity contribution in [3.05, 3.63) is 17.7 Å². The summed E-state index contributed by atoms with van der Waals surface area (Å²) in [6.45, 7) is -1.60. The van der Waals surface area contributed by atoms with Crippen molar-refractivity contribution in [1.29, 1.82) is 0 Å². The highest BCUT2D eigenvalue weighted by Gasteiger charge is 2.51. The smallest absolute Gasteiger partial charge is 0.340 e. The molecule has 2 saturated heterocycles. The van der Waals surface area contributed by atoms with Gasteiger partial charge in [-0.3, -0.25) is 0 Å². The average molecular weight is 494 g/mol. The predicted molar refractivity (Wildman–Crippen MR) is 103 cm³/mol. The monoisotopic (exact) mass is 494 g/mol. The summed E-state index contributed by atoms with van der Waals surface area (Å²) in [5.41, 5.74) is -0.446. The van der Waals surface area contributed by atoms with Crippen LogP contribution in [-0.2, 0) is 18.9 Å². The molecule has 10 atom stereocenters. The highest BCUT2D eigenvalue weighted by molar-refractivity contribution is 5.91. The van der Waals surface area contributed by atoms with E-state index < -0.39 is 103 Å². The molecule has 15 nitrogen and oxygen atoms in total. The molecule has 2 heterocycles. The van der Waals surface area contributed by atoms with Gasteiger partial charge >= 0.3 is 5.97 Å². The minimum absolute atomic E-state index is 0.446. The van der Waals surface area contributed by atoms with Gasteiger partial charge in [-0.1, -0.05) is 0 Å². The number of carbonyl (C=O) groups is 1. The zero-order chi connectivity index (χ0) is 25.3. The number of aliphatic hydroxyl groups is 7. The van der Waals surface area contributed by atoms with Crippen molar-refractivity contribution in [3.63, 3.8) is 0 Å². The van der Waals surface area contributed by atoms with Crippen molar-refractivity contribution in [3.8, 4) is 17.2 Å². The van der Waals surface area contributed by atoms with E-state index in [0.717, 1.165) is 12.1 Å². The van der Waals surface area contributed by atoms with Gasteiger partial charge in [-0.05, 0) is 12.1 Å². The van der Waals surface area contributed by atoms with E-state index in [-0.39, 0.29) is 0 Å². The third kappa shape index (κ3) is 5.03. The molecule has 0 unspecified atom stereocenters. The Morgan fingerprint density at radius 2 is 1.29 bits per heavy atom. The molecule has 3 rings (SSSR count). The van der Waals surface area contributed by atoms with Crippen LogP contribution in [0.2, 0.25) is 0 Å². The summed E-state index contributed by atoms with van der Waals surface area (Å²) in [5, 5.41) is 98.0. The molecular formula is C19H26O15. The van der Waals surface area contributed by atoms with Crippen LogP contribution in [0.1, 0.15) is 10.4 Å². The lowest BCUT2D eigenvalue weighted by Crippen LogP contribution is -2.64. The largest absolute Gasteiger partial charge is 0.504 e. The fourth-order valence-electron chi connectivity index (χ4n) is 3.55. The van der Waals surface area contributed by atoms with Crippen molar-refractivity contribution in [1.82, 2.24) is 0 Å². The summed E-state index contributed by atoms with van der Waals surface area (Å²) >= 11 is 0. The third-order valence-corrected chi connectivity index (χ3v) is 5.49. The molecule has 15 heteroatoms. The Bertz CT molecular complexity index is 837. The summed E-state index contributed by atoms with van der Waals surface area (Å²) in [6, 6.07) is 1.52. The third-order valence-electron chi connectivity index (χ3n) is 5.49. The number of hydrogen-bond acceptors (Lipinski definition) is 15. The Labute approximate surface area is 191 Å². The summed E-state index contributed by atoms with van der Waals surface area (Å²) in [5.74, 6) is -3.79. The molecule has 2 aliphatic rings. The number of ether oxygens (including phenoxy) is 4. The van der Waals surface area contributed by atoms with Crippen LogP contribution >= 0.6 is 0 Å². The van der Waals surface area contributed by atoms with Crippen molar-refractivity contribution in [2.24, 2.45) is 0 Å². The van der Waals surface area contributed by atoms with Gasteiger partial charge in [-0.25, -0.2) is 4.79 Å². The fraction of sp³-hybridized carbons (Fsp3) is 0.632. The number of esters is 1. The summed E-state index contributed by atoms with van der Waals surface area (Å²) in [7, 11) is 0. The highest BCUT2D eigenvalue weighted by atomic mass is 16.7. The zero-order valence-corrected chi connectivity index (χ0v) is 17.4. The van der Waals surface area contributed by atoms with E-state index in [0.29, 0.717) is 0 Å². The van der Waals surface area contributed by atoms with Crippen LogP contribution in [0.15, 0.2) is 12.1 Å². The first-order valence-corrected chi connectivity index (χ1v) is 10.0. The highest BCUT2D eigenvalue weighted by Crippen LogP contribution is 2.36. The molecule has 10 N–H and O–H groups in total. The van der Waals surface area contributed by atoms with Gasteiger partial charge in [0.15, 0.2) is 23.5 Å². The number of benzene rings is 1. The summed E-state index contributed by atoms with van der Waals surface area (Å²) in [4.78, 5) is 12.3. The molecule has 1 aromatic carbocycles.